The molecule has 2 aliphatic heterocycles. The first-order chi connectivity index (χ1) is 19.6. The van der Waals surface area contributed by atoms with Crippen LogP contribution in [0.25, 0.3) is 0 Å². The lowest BCUT2D eigenvalue weighted by molar-refractivity contribution is -0.231. The Morgan fingerprint density at radius 1 is 0.854 bits per heavy atom. The number of carbonyl (C=O) groups is 3. The molecule has 0 unspecified atom stereocenters. The first kappa shape index (κ1) is 30.3. The fourth-order valence-electron chi connectivity index (χ4n) is 4.67. The number of esters is 2. The minimum Gasteiger partial charge on any atom is -0.463 e. The maximum atomic E-state index is 13.0. The van der Waals surface area contributed by atoms with Crippen molar-refractivity contribution in [2.75, 3.05) is 18.5 Å². The summed E-state index contributed by atoms with van der Waals surface area (Å²) < 4.78 is 21.9. The summed E-state index contributed by atoms with van der Waals surface area (Å²) >= 11 is 0. The van der Waals surface area contributed by atoms with Gasteiger partial charge in [0.15, 0.2) is 0 Å². The van der Waals surface area contributed by atoms with Crippen LogP contribution in [-0.2, 0) is 28.5 Å². The Labute approximate surface area is 236 Å². The summed E-state index contributed by atoms with van der Waals surface area (Å²) in [7, 11) is 0. The molecule has 12 heteroatoms. The lowest BCUT2D eigenvalue weighted by atomic mass is 9.90. The Morgan fingerprint density at radius 3 is 2.24 bits per heavy atom. The maximum Gasteiger partial charge on any atom is 0.303 e. The molecular weight excluding hydrogens is 538 g/mol. The number of hydrogen-bond acceptors (Lipinski definition) is 11. The van der Waals surface area contributed by atoms with E-state index in [2.05, 4.69) is 5.32 Å². The lowest BCUT2D eigenvalue weighted by Gasteiger charge is -2.40. The maximum absolute atomic E-state index is 13.0. The van der Waals surface area contributed by atoms with Crippen LogP contribution >= 0.6 is 0 Å². The van der Waals surface area contributed by atoms with E-state index in [-0.39, 0.29) is 12.2 Å². The number of aliphatic hydroxyl groups is 4. The van der Waals surface area contributed by atoms with Crippen LogP contribution in [0.4, 0.5) is 5.69 Å². The zero-order valence-electron chi connectivity index (χ0n) is 22.5. The topological polar surface area (TPSA) is 181 Å². The van der Waals surface area contributed by atoms with Gasteiger partial charge in [0.1, 0.15) is 55.4 Å². The molecule has 2 aromatic carbocycles. The van der Waals surface area contributed by atoms with Crippen molar-refractivity contribution in [3.05, 3.63) is 77.4 Å². The van der Waals surface area contributed by atoms with E-state index in [0.29, 0.717) is 11.3 Å². The number of amides is 1. The van der Waals surface area contributed by atoms with Crippen LogP contribution < -0.4 is 5.32 Å². The van der Waals surface area contributed by atoms with Crippen LogP contribution in [0.3, 0.4) is 0 Å². The average Bonchev–Trinajstić information content (AvgIpc) is 2.95. The highest BCUT2D eigenvalue weighted by molar-refractivity contribution is 6.04. The third kappa shape index (κ3) is 7.36. The molecule has 8 atom stereocenters. The molecule has 1 saturated heterocycles. The molecule has 12 nitrogen and oxygen atoms in total. The van der Waals surface area contributed by atoms with Gasteiger partial charge in [0.2, 0.25) is 0 Å². The average molecular weight is 572 g/mol. The highest BCUT2D eigenvalue weighted by atomic mass is 16.6. The van der Waals surface area contributed by atoms with Gasteiger partial charge in [-0.1, -0.05) is 30.3 Å². The fourth-order valence-corrected chi connectivity index (χ4v) is 4.67. The number of carbonyl (C=O) groups excluding carboxylic acids is 3. The second kappa shape index (κ2) is 13.3. The highest BCUT2D eigenvalue weighted by Gasteiger charge is 2.44. The summed E-state index contributed by atoms with van der Waals surface area (Å²) in [5.74, 6) is -1.42. The molecule has 2 heterocycles. The predicted octanol–water partition coefficient (Wildman–Crippen LogP) is 0.945. The molecule has 5 N–H and O–H groups in total. The molecule has 2 aliphatic rings. The molecule has 220 valence electrons. The first-order valence-electron chi connectivity index (χ1n) is 13.0. The first-order valence-corrected chi connectivity index (χ1v) is 13.0. The van der Waals surface area contributed by atoms with E-state index in [9.17, 15) is 34.8 Å². The molecule has 41 heavy (non-hydrogen) atoms. The van der Waals surface area contributed by atoms with Crippen molar-refractivity contribution in [3.8, 4) is 0 Å². The quantitative estimate of drug-likeness (QED) is 0.225. The molecule has 1 fully saturated rings. The Kier molecular flexibility index (Phi) is 9.86. The summed E-state index contributed by atoms with van der Waals surface area (Å²) in [6.45, 7) is 1.90. The van der Waals surface area contributed by atoms with Crippen LogP contribution in [0.1, 0.15) is 47.5 Å². The summed E-state index contributed by atoms with van der Waals surface area (Å²) in [6, 6.07) is 13.2. The van der Waals surface area contributed by atoms with Crippen LogP contribution in [0, 0.1) is 0 Å². The second-order valence-electron chi connectivity index (χ2n) is 9.81. The third-order valence-electron chi connectivity index (χ3n) is 6.78. The Balaban J connectivity index is 1.43. The van der Waals surface area contributed by atoms with Crippen molar-refractivity contribution >= 4 is 23.5 Å². The predicted molar refractivity (Wildman–Crippen MR) is 142 cm³/mol. The summed E-state index contributed by atoms with van der Waals surface area (Å²) in [5, 5.41) is 42.8. The standard InChI is InChI=1S/C29H33NO11/c1-15(32)38-14-24-22(39-16(2)33)11-10-21(40-24)17-6-8-20(9-7-17)30-29(37)19-5-3-4-18(12-19)28-27(36)26(35)25(34)23(13-31)41-28/h3-12,21-28,31,34-36H,13-14H2,1-2H3,(H,30,37)/t21-,22-,23+,24+,25+,26-,27-,28+/m0/s1. The van der Waals surface area contributed by atoms with Crippen LogP contribution in [-0.4, -0.2) is 88.1 Å². The van der Waals surface area contributed by atoms with E-state index in [1.807, 2.05) is 0 Å². The Bertz CT molecular complexity index is 1260. The monoisotopic (exact) mass is 571 g/mol. The zero-order valence-corrected chi connectivity index (χ0v) is 22.5. The molecule has 1 amide bonds. The number of aliphatic hydroxyl groups excluding tert-OH is 4. The van der Waals surface area contributed by atoms with Gasteiger partial charge in [0.05, 0.1) is 6.61 Å². The van der Waals surface area contributed by atoms with E-state index < -0.39 is 73.3 Å². The number of hydrogen-bond donors (Lipinski definition) is 5. The van der Waals surface area contributed by atoms with Crippen molar-refractivity contribution in [2.45, 2.75) is 62.7 Å². The minimum absolute atomic E-state index is 0.0928. The van der Waals surface area contributed by atoms with Gasteiger partial charge in [-0.25, -0.2) is 0 Å². The van der Waals surface area contributed by atoms with E-state index in [0.717, 1.165) is 5.56 Å². The van der Waals surface area contributed by atoms with Gasteiger partial charge < -0.3 is 44.7 Å². The van der Waals surface area contributed by atoms with E-state index in [1.165, 1.54) is 19.9 Å². The molecule has 0 radical (unpaired) electrons. The normalized spacial score (nSPS) is 29.4. The number of rotatable bonds is 8. The van der Waals surface area contributed by atoms with Crippen LogP contribution in [0.5, 0.6) is 0 Å². The van der Waals surface area contributed by atoms with E-state index in [4.69, 9.17) is 18.9 Å². The molecule has 0 bridgehead atoms. The van der Waals surface area contributed by atoms with Crippen LogP contribution in [0.2, 0.25) is 0 Å². The number of nitrogens with one attached hydrogen (secondary N) is 1. The lowest BCUT2D eigenvalue weighted by Crippen LogP contribution is -2.55. The molecule has 2 aromatic rings. The van der Waals surface area contributed by atoms with Gasteiger partial charge >= 0.3 is 11.9 Å². The van der Waals surface area contributed by atoms with Gasteiger partial charge in [-0.3, -0.25) is 14.4 Å². The van der Waals surface area contributed by atoms with Gasteiger partial charge in [-0.05, 0) is 41.5 Å². The summed E-state index contributed by atoms with van der Waals surface area (Å²) in [5.41, 5.74) is 1.89. The zero-order chi connectivity index (χ0) is 29.7. The largest absolute Gasteiger partial charge is 0.463 e. The van der Waals surface area contributed by atoms with Crippen LogP contribution in [0.15, 0.2) is 60.7 Å². The third-order valence-corrected chi connectivity index (χ3v) is 6.78. The van der Waals surface area contributed by atoms with Gasteiger partial charge in [0.25, 0.3) is 5.91 Å². The van der Waals surface area contributed by atoms with Gasteiger partial charge in [0, 0.05) is 25.1 Å². The summed E-state index contributed by atoms with van der Waals surface area (Å²) in [6.07, 6.45) is -5.12. The van der Waals surface area contributed by atoms with Gasteiger partial charge in [-0.15, -0.1) is 0 Å². The molecule has 0 saturated carbocycles. The van der Waals surface area contributed by atoms with Crippen molar-refractivity contribution in [1.29, 1.82) is 0 Å². The smallest absolute Gasteiger partial charge is 0.303 e. The van der Waals surface area contributed by atoms with Crippen molar-refractivity contribution < 1.29 is 53.8 Å². The number of anilines is 1. The molecule has 0 spiro atoms. The Morgan fingerprint density at radius 2 is 1.59 bits per heavy atom. The second-order valence-corrected chi connectivity index (χ2v) is 9.81. The van der Waals surface area contributed by atoms with Gasteiger partial charge in [-0.2, -0.15) is 0 Å². The summed E-state index contributed by atoms with van der Waals surface area (Å²) in [4.78, 5) is 35.7. The van der Waals surface area contributed by atoms with Crippen molar-refractivity contribution in [2.24, 2.45) is 0 Å². The number of benzene rings is 2. The van der Waals surface area contributed by atoms with E-state index >= 15 is 0 Å². The molecule has 0 aliphatic carbocycles. The Hall–Kier alpha value is -3.65. The van der Waals surface area contributed by atoms with Crippen molar-refractivity contribution in [1.82, 2.24) is 0 Å². The highest BCUT2D eigenvalue weighted by Crippen LogP contribution is 2.33. The van der Waals surface area contributed by atoms with Crippen molar-refractivity contribution in [3.63, 3.8) is 0 Å². The molecule has 4 rings (SSSR count). The van der Waals surface area contributed by atoms with E-state index in [1.54, 1.807) is 54.6 Å². The SMILES string of the molecule is CC(=O)OC[C@H]1O[C@H](c2ccc(NC(=O)c3cccc([C@H]4O[C@H](CO)[C@@H](O)[C@H](O)[C@@H]4O)c3)cc2)C=C[C@@H]1OC(C)=O. The molecular formula is C29H33NO11. The minimum atomic E-state index is -1.53. The fraction of sp³-hybridized carbons (Fsp3) is 0.414. The number of ether oxygens (including phenoxy) is 4. The molecule has 0 aromatic heterocycles.